The van der Waals surface area contributed by atoms with E-state index in [-0.39, 0.29) is 24.5 Å². The second-order valence-electron chi connectivity index (χ2n) is 5.68. The first-order chi connectivity index (χ1) is 8.81. The maximum absolute atomic E-state index is 12.5. The number of aliphatic hydroxyl groups is 1. The van der Waals surface area contributed by atoms with Crippen LogP contribution in [0.2, 0.25) is 0 Å². The SMILES string of the molecule is O=C(C1CCCCCCN1)N1CCCC(CO)C1. The lowest BCUT2D eigenvalue weighted by Crippen LogP contribution is -2.50. The molecule has 0 radical (unpaired) electrons. The van der Waals surface area contributed by atoms with Crippen molar-refractivity contribution in [2.24, 2.45) is 5.92 Å². The highest BCUT2D eigenvalue weighted by Crippen LogP contribution is 2.18. The summed E-state index contributed by atoms with van der Waals surface area (Å²) < 4.78 is 0. The molecule has 2 heterocycles. The van der Waals surface area contributed by atoms with Gasteiger partial charge in [-0.2, -0.15) is 0 Å². The number of hydrogen-bond acceptors (Lipinski definition) is 3. The van der Waals surface area contributed by atoms with Gasteiger partial charge >= 0.3 is 0 Å². The molecule has 2 rings (SSSR count). The van der Waals surface area contributed by atoms with Crippen LogP contribution in [0.5, 0.6) is 0 Å². The maximum atomic E-state index is 12.5. The highest BCUT2D eigenvalue weighted by atomic mass is 16.3. The Bertz CT molecular complexity index is 259. The zero-order valence-electron chi connectivity index (χ0n) is 11.2. The van der Waals surface area contributed by atoms with E-state index in [1.165, 1.54) is 19.3 Å². The Labute approximate surface area is 110 Å². The average Bonchev–Trinajstić information content (AvgIpc) is 2.38. The fourth-order valence-electron chi connectivity index (χ4n) is 3.05. The zero-order chi connectivity index (χ0) is 12.8. The van der Waals surface area contributed by atoms with Gasteiger partial charge < -0.3 is 15.3 Å². The van der Waals surface area contributed by atoms with Crippen molar-refractivity contribution in [3.05, 3.63) is 0 Å². The number of hydrogen-bond donors (Lipinski definition) is 2. The molecule has 0 aliphatic carbocycles. The van der Waals surface area contributed by atoms with Crippen molar-refractivity contribution in [1.82, 2.24) is 10.2 Å². The highest BCUT2D eigenvalue weighted by Gasteiger charge is 2.28. The monoisotopic (exact) mass is 254 g/mol. The average molecular weight is 254 g/mol. The first-order valence-corrected chi connectivity index (χ1v) is 7.44. The maximum Gasteiger partial charge on any atom is 0.239 e. The summed E-state index contributed by atoms with van der Waals surface area (Å²) in [6.45, 7) is 2.79. The summed E-state index contributed by atoms with van der Waals surface area (Å²) >= 11 is 0. The first kappa shape index (κ1) is 13.8. The Morgan fingerprint density at radius 2 is 2.00 bits per heavy atom. The number of nitrogens with one attached hydrogen (secondary N) is 1. The van der Waals surface area contributed by atoms with E-state index in [1.807, 2.05) is 4.90 Å². The van der Waals surface area contributed by atoms with Crippen molar-refractivity contribution in [2.75, 3.05) is 26.2 Å². The number of rotatable bonds is 2. The number of amides is 1. The van der Waals surface area contributed by atoms with Crippen molar-refractivity contribution in [3.8, 4) is 0 Å². The molecule has 0 aromatic carbocycles. The van der Waals surface area contributed by atoms with Crippen molar-refractivity contribution < 1.29 is 9.90 Å². The number of carbonyl (C=O) groups is 1. The lowest BCUT2D eigenvalue weighted by atomic mass is 9.97. The summed E-state index contributed by atoms with van der Waals surface area (Å²) in [6, 6.07) is 0.0164. The van der Waals surface area contributed by atoms with Gasteiger partial charge in [0.25, 0.3) is 0 Å². The molecule has 2 aliphatic heterocycles. The van der Waals surface area contributed by atoms with Crippen LogP contribution in [0.15, 0.2) is 0 Å². The molecule has 2 N–H and O–H groups in total. The lowest BCUT2D eigenvalue weighted by Gasteiger charge is -2.35. The Morgan fingerprint density at radius 1 is 1.17 bits per heavy atom. The van der Waals surface area contributed by atoms with Crippen molar-refractivity contribution in [3.63, 3.8) is 0 Å². The minimum atomic E-state index is 0.0164. The van der Waals surface area contributed by atoms with Crippen LogP contribution in [-0.2, 0) is 4.79 Å². The third kappa shape index (κ3) is 3.69. The van der Waals surface area contributed by atoms with Crippen LogP contribution in [0.3, 0.4) is 0 Å². The summed E-state index contributed by atoms with van der Waals surface area (Å²) in [7, 11) is 0. The van der Waals surface area contributed by atoms with E-state index >= 15 is 0 Å². The van der Waals surface area contributed by atoms with E-state index in [2.05, 4.69) is 5.32 Å². The van der Waals surface area contributed by atoms with Gasteiger partial charge in [0, 0.05) is 19.7 Å². The molecule has 104 valence electrons. The molecular formula is C14H26N2O2. The molecule has 4 heteroatoms. The number of likely N-dealkylation sites (tertiary alicyclic amines) is 1. The Morgan fingerprint density at radius 3 is 2.83 bits per heavy atom. The van der Waals surface area contributed by atoms with Crippen LogP contribution in [0.25, 0.3) is 0 Å². The normalized spacial score (nSPS) is 30.6. The van der Waals surface area contributed by atoms with Gasteiger partial charge in [-0.1, -0.05) is 19.3 Å². The molecule has 2 fully saturated rings. The standard InChI is InChI=1S/C14H26N2O2/c17-11-12-6-5-9-16(10-12)14(18)13-7-3-1-2-4-8-15-13/h12-13,15,17H,1-11H2. The summed E-state index contributed by atoms with van der Waals surface area (Å²) in [5.74, 6) is 0.548. The molecule has 4 nitrogen and oxygen atoms in total. The largest absolute Gasteiger partial charge is 0.396 e. The van der Waals surface area contributed by atoms with Gasteiger partial charge in [-0.05, 0) is 38.1 Å². The zero-order valence-corrected chi connectivity index (χ0v) is 11.2. The van der Waals surface area contributed by atoms with Gasteiger partial charge in [-0.3, -0.25) is 4.79 Å². The fraction of sp³-hybridized carbons (Fsp3) is 0.929. The first-order valence-electron chi connectivity index (χ1n) is 7.44. The number of piperidine rings is 1. The molecule has 2 atom stereocenters. The molecule has 2 unspecified atom stereocenters. The minimum absolute atomic E-state index is 0.0164. The van der Waals surface area contributed by atoms with Crippen molar-refractivity contribution in [2.45, 2.75) is 51.0 Å². The van der Waals surface area contributed by atoms with E-state index < -0.39 is 0 Å². The van der Waals surface area contributed by atoms with Crippen molar-refractivity contribution >= 4 is 5.91 Å². The van der Waals surface area contributed by atoms with Crippen LogP contribution in [0, 0.1) is 5.92 Å². The molecular weight excluding hydrogens is 228 g/mol. The van der Waals surface area contributed by atoms with Crippen molar-refractivity contribution in [1.29, 1.82) is 0 Å². The second kappa shape index (κ2) is 7.10. The van der Waals surface area contributed by atoms with Crippen LogP contribution < -0.4 is 5.32 Å². The fourth-order valence-corrected chi connectivity index (χ4v) is 3.05. The van der Waals surface area contributed by atoms with Crippen LogP contribution in [-0.4, -0.2) is 48.2 Å². The molecule has 0 aromatic heterocycles. The van der Waals surface area contributed by atoms with E-state index in [4.69, 9.17) is 0 Å². The Balaban J connectivity index is 1.87. The van der Waals surface area contributed by atoms with Gasteiger partial charge in [-0.25, -0.2) is 0 Å². The molecule has 2 saturated heterocycles. The summed E-state index contributed by atoms with van der Waals surface area (Å²) in [6.07, 6.45) is 7.93. The number of aliphatic hydroxyl groups excluding tert-OH is 1. The van der Waals surface area contributed by atoms with Gasteiger partial charge in [-0.15, -0.1) is 0 Å². The van der Waals surface area contributed by atoms with Gasteiger partial charge in [0.15, 0.2) is 0 Å². The summed E-state index contributed by atoms with van der Waals surface area (Å²) in [4.78, 5) is 14.4. The summed E-state index contributed by atoms with van der Waals surface area (Å²) in [5, 5.41) is 12.6. The number of nitrogens with zero attached hydrogens (tertiary/aromatic N) is 1. The van der Waals surface area contributed by atoms with Crippen LogP contribution in [0.1, 0.15) is 44.9 Å². The smallest absolute Gasteiger partial charge is 0.239 e. The van der Waals surface area contributed by atoms with E-state index in [0.29, 0.717) is 0 Å². The molecule has 18 heavy (non-hydrogen) atoms. The van der Waals surface area contributed by atoms with Gasteiger partial charge in [0.05, 0.1) is 6.04 Å². The highest BCUT2D eigenvalue weighted by molar-refractivity contribution is 5.82. The molecule has 0 bridgehead atoms. The molecule has 1 amide bonds. The quantitative estimate of drug-likeness (QED) is 0.777. The topological polar surface area (TPSA) is 52.6 Å². The molecule has 2 aliphatic rings. The lowest BCUT2D eigenvalue weighted by molar-refractivity contribution is -0.135. The van der Waals surface area contributed by atoms with E-state index in [0.717, 1.165) is 45.3 Å². The molecule has 0 saturated carbocycles. The minimum Gasteiger partial charge on any atom is -0.396 e. The third-order valence-corrected chi connectivity index (χ3v) is 4.20. The number of carbonyl (C=O) groups excluding carboxylic acids is 1. The van der Waals surface area contributed by atoms with Crippen LogP contribution in [0.4, 0.5) is 0 Å². The van der Waals surface area contributed by atoms with E-state index in [9.17, 15) is 9.90 Å². The Hall–Kier alpha value is -0.610. The molecule has 0 spiro atoms. The second-order valence-corrected chi connectivity index (χ2v) is 5.68. The molecule has 0 aromatic rings. The Kier molecular flexibility index (Phi) is 5.45. The van der Waals surface area contributed by atoms with Crippen LogP contribution >= 0.6 is 0 Å². The van der Waals surface area contributed by atoms with E-state index in [1.54, 1.807) is 0 Å². The third-order valence-electron chi connectivity index (χ3n) is 4.20. The van der Waals surface area contributed by atoms with Gasteiger partial charge in [0.1, 0.15) is 0 Å². The summed E-state index contributed by atoms with van der Waals surface area (Å²) in [5.41, 5.74) is 0. The predicted molar refractivity (Wildman–Crippen MR) is 71.3 cm³/mol. The predicted octanol–water partition coefficient (Wildman–Crippen LogP) is 1.14. The van der Waals surface area contributed by atoms with Gasteiger partial charge in [0.2, 0.25) is 5.91 Å².